The normalized spacial score (nSPS) is 14.4. The number of hydrogen-bond acceptors (Lipinski definition) is 7. The third-order valence-corrected chi connectivity index (χ3v) is 11.1. The van der Waals surface area contributed by atoms with Crippen molar-refractivity contribution in [2.75, 3.05) is 5.32 Å². The first-order chi connectivity index (χ1) is 19.8. The Morgan fingerprint density at radius 1 is 0.857 bits per heavy atom. The van der Waals surface area contributed by atoms with E-state index in [1.54, 1.807) is 61.5 Å². The molecule has 0 radical (unpaired) electrons. The summed E-state index contributed by atoms with van der Waals surface area (Å²) in [6, 6.07) is 20.6. The Kier molecular flexibility index (Phi) is 8.46. The lowest BCUT2D eigenvalue weighted by Crippen LogP contribution is -2.18. The highest BCUT2D eigenvalue weighted by atomic mass is 35.5. The molecule has 216 valence electrons. The van der Waals surface area contributed by atoms with E-state index in [9.17, 15) is 21.6 Å². The van der Waals surface area contributed by atoms with Gasteiger partial charge in [0.25, 0.3) is 5.91 Å². The number of anilines is 1. The molecule has 1 amide bonds. The van der Waals surface area contributed by atoms with E-state index in [4.69, 9.17) is 27.4 Å². The molecule has 1 heterocycles. The van der Waals surface area contributed by atoms with Gasteiger partial charge in [0.1, 0.15) is 10.6 Å². The second-order valence-corrected chi connectivity index (χ2v) is 15.0. The summed E-state index contributed by atoms with van der Waals surface area (Å²) in [6.07, 6.45) is 1.66. The fourth-order valence-electron chi connectivity index (χ4n) is 4.16. The van der Waals surface area contributed by atoms with Crippen LogP contribution in [0.15, 0.2) is 98.5 Å². The number of fused-ring (bicyclic) bond motifs is 1. The molecule has 0 aromatic heterocycles. The molecule has 0 saturated carbocycles. The molecule has 1 aliphatic rings. The maximum Gasteiger partial charge on any atom is 0.339 e. The Bertz CT molecular complexity index is 1950. The number of carbonyl (C=O) groups excluding carboxylic acids is 1. The highest BCUT2D eigenvalue weighted by Crippen LogP contribution is 2.41. The van der Waals surface area contributed by atoms with Crippen molar-refractivity contribution in [1.82, 2.24) is 0 Å². The third-order valence-electron chi connectivity index (χ3n) is 6.40. The molecule has 4 aromatic carbocycles. The Morgan fingerprint density at radius 3 is 2.19 bits per heavy atom. The van der Waals surface area contributed by atoms with Crippen LogP contribution in [-0.2, 0) is 30.5 Å². The van der Waals surface area contributed by atoms with E-state index in [0.29, 0.717) is 32.2 Å². The van der Waals surface area contributed by atoms with E-state index in [0.717, 1.165) is 5.56 Å². The summed E-state index contributed by atoms with van der Waals surface area (Å²) in [6.45, 7) is 3.57. The summed E-state index contributed by atoms with van der Waals surface area (Å²) < 4.78 is 57.0. The van der Waals surface area contributed by atoms with Gasteiger partial charge in [0, 0.05) is 20.5 Å². The number of nitrogens with one attached hydrogen (secondary N) is 1. The lowest BCUT2D eigenvalue weighted by Gasteiger charge is -2.20. The molecule has 1 aliphatic heterocycles. The standard InChI is InChI=1S/C30H23Cl2NO6S3/c1-18-6-9-21(10-7-18)42(37,38)39-27-12-8-20(14-19(27)2)15-29-30(34)33-26-16-22(11-13-28(26)40-29)41(35,36)17-23-24(31)4-3-5-25(23)32/h3-16H,17H2,1-2H3,(H,33,34)/b29-15-. The molecule has 1 N–H and O–H groups in total. The zero-order valence-electron chi connectivity index (χ0n) is 22.2. The number of hydrogen-bond donors (Lipinski definition) is 1. The summed E-state index contributed by atoms with van der Waals surface area (Å²) in [4.78, 5) is 14.1. The van der Waals surface area contributed by atoms with Crippen molar-refractivity contribution in [3.8, 4) is 5.75 Å². The van der Waals surface area contributed by atoms with E-state index < -0.39 is 25.9 Å². The number of aryl methyl sites for hydroxylation is 2. The van der Waals surface area contributed by atoms with Crippen LogP contribution < -0.4 is 9.50 Å². The van der Waals surface area contributed by atoms with Crippen molar-refractivity contribution in [3.05, 3.63) is 116 Å². The van der Waals surface area contributed by atoms with E-state index >= 15 is 0 Å². The predicted molar refractivity (Wildman–Crippen MR) is 166 cm³/mol. The largest absolute Gasteiger partial charge is 0.379 e. The Labute approximate surface area is 258 Å². The molecule has 0 atom stereocenters. The van der Waals surface area contributed by atoms with Gasteiger partial charge in [0.2, 0.25) is 0 Å². The van der Waals surface area contributed by atoms with Crippen LogP contribution in [0.3, 0.4) is 0 Å². The van der Waals surface area contributed by atoms with Crippen molar-refractivity contribution >= 4 is 72.6 Å². The summed E-state index contributed by atoms with van der Waals surface area (Å²) in [5.74, 6) is -0.617. The van der Waals surface area contributed by atoms with E-state index in [1.165, 1.54) is 42.1 Å². The molecule has 12 heteroatoms. The molecule has 7 nitrogen and oxygen atoms in total. The van der Waals surface area contributed by atoms with Gasteiger partial charge in [-0.25, -0.2) is 8.42 Å². The van der Waals surface area contributed by atoms with Gasteiger partial charge < -0.3 is 9.50 Å². The van der Waals surface area contributed by atoms with Crippen LogP contribution in [0.1, 0.15) is 22.3 Å². The average Bonchev–Trinajstić information content (AvgIpc) is 2.93. The zero-order chi connectivity index (χ0) is 30.2. The van der Waals surface area contributed by atoms with Crippen LogP contribution in [0.4, 0.5) is 5.69 Å². The van der Waals surface area contributed by atoms with Crippen molar-refractivity contribution in [2.24, 2.45) is 0 Å². The van der Waals surface area contributed by atoms with Gasteiger partial charge in [-0.1, -0.05) is 64.8 Å². The van der Waals surface area contributed by atoms with Gasteiger partial charge in [-0.15, -0.1) is 0 Å². The highest BCUT2D eigenvalue weighted by molar-refractivity contribution is 8.04. The Hall–Kier alpha value is -3.28. The number of thioether (sulfide) groups is 1. The second kappa shape index (κ2) is 11.8. The van der Waals surface area contributed by atoms with Crippen LogP contribution in [0.2, 0.25) is 10.0 Å². The van der Waals surface area contributed by atoms with Gasteiger partial charge in [0.15, 0.2) is 9.84 Å². The fourth-order valence-corrected chi connectivity index (χ4v) is 8.20. The smallest absolute Gasteiger partial charge is 0.339 e. The molecule has 4 aromatic rings. The number of benzene rings is 4. The van der Waals surface area contributed by atoms with Gasteiger partial charge in [-0.05, 0) is 85.6 Å². The predicted octanol–water partition coefficient (Wildman–Crippen LogP) is 7.44. The van der Waals surface area contributed by atoms with Gasteiger partial charge >= 0.3 is 10.1 Å². The van der Waals surface area contributed by atoms with Crippen LogP contribution in [0.25, 0.3) is 6.08 Å². The number of amides is 1. The van der Waals surface area contributed by atoms with Gasteiger partial charge in [0.05, 0.1) is 21.2 Å². The Balaban J connectivity index is 1.34. The average molecular weight is 661 g/mol. The van der Waals surface area contributed by atoms with Crippen LogP contribution in [0, 0.1) is 13.8 Å². The lowest BCUT2D eigenvalue weighted by molar-refractivity contribution is -0.112. The summed E-state index contributed by atoms with van der Waals surface area (Å²) >= 11 is 13.5. The lowest BCUT2D eigenvalue weighted by atomic mass is 10.1. The second-order valence-electron chi connectivity index (χ2n) is 9.56. The first-order valence-corrected chi connectivity index (χ1v) is 17.1. The number of halogens is 2. The minimum absolute atomic E-state index is 0.0253. The quantitative estimate of drug-likeness (QED) is 0.162. The van der Waals surface area contributed by atoms with Crippen molar-refractivity contribution in [3.63, 3.8) is 0 Å². The summed E-state index contributed by atoms with van der Waals surface area (Å²) in [7, 11) is -7.82. The first kappa shape index (κ1) is 30.2. The fraction of sp³-hybridized carbons (Fsp3) is 0.100. The molecule has 0 unspecified atom stereocenters. The van der Waals surface area contributed by atoms with Crippen LogP contribution in [-0.4, -0.2) is 22.7 Å². The molecule has 0 saturated heterocycles. The Morgan fingerprint density at radius 2 is 1.52 bits per heavy atom. The van der Waals surface area contributed by atoms with Gasteiger partial charge in [-0.3, -0.25) is 4.79 Å². The topological polar surface area (TPSA) is 107 Å². The number of rotatable bonds is 7. The SMILES string of the molecule is Cc1ccc(S(=O)(=O)Oc2ccc(/C=C3\Sc4ccc(S(=O)(=O)Cc5c(Cl)cccc5Cl)cc4NC3=O)cc2C)cc1. The molecular formula is C30H23Cl2NO6S3. The third kappa shape index (κ3) is 6.53. The molecular weight excluding hydrogens is 637 g/mol. The number of sulfone groups is 1. The van der Waals surface area contributed by atoms with Crippen molar-refractivity contribution < 1.29 is 25.8 Å². The molecule has 5 rings (SSSR count). The maximum absolute atomic E-state index is 13.1. The maximum atomic E-state index is 13.1. The van der Waals surface area contributed by atoms with Gasteiger partial charge in [-0.2, -0.15) is 8.42 Å². The molecule has 0 bridgehead atoms. The highest BCUT2D eigenvalue weighted by Gasteiger charge is 2.25. The van der Waals surface area contributed by atoms with Crippen molar-refractivity contribution in [1.29, 1.82) is 0 Å². The molecule has 42 heavy (non-hydrogen) atoms. The minimum Gasteiger partial charge on any atom is -0.379 e. The zero-order valence-corrected chi connectivity index (χ0v) is 26.2. The van der Waals surface area contributed by atoms with Crippen LogP contribution >= 0.6 is 35.0 Å². The van der Waals surface area contributed by atoms with E-state index in [-0.39, 0.29) is 31.3 Å². The van der Waals surface area contributed by atoms with Crippen LogP contribution in [0.5, 0.6) is 5.75 Å². The summed E-state index contributed by atoms with van der Waals surface area (Å²) in [5, 5.41) is 3.27. The molecule has 0 fully saturated rings. The molecule has 0 aliphatic carbocycles. The molecule has 0 spiro atoms. The van der Waals surface area contributed by atoms with E-state index in [1.807, 2.05) is 6.92 Å². The monoisotopic (exact) mass is 659 g/mol. The van der Waals surface area contributed by atoms with Crippen molar-refractivity contribution in [2.45, 2.75) is 34.3 Å². The number of carbonyl (C=O) groups is 1. The van der Waals surface area contributed by atoms with E-state index in [2.05, 4.69) is 5.32 Å². The summed E-state index contributed by atoms with van der Waals surface area (Å²) in [5.41, 5.74) is 2.83. The minimum atomic E-state index is -4.01. The first-order valence-electron chi connectivity index (χ1n) is 12.4.